The van der Waals surface area contributed by atoms with E-state index < -0.39 is 0 Å². The average molecular weight is 409 g/mol. The Morgan fingerprint density at radius 2 is 1.67 bits per heavy atom. The Hall–Kier alpha value is -3.09. The van der Waals surface area contributed by atoms with Gasteiger partial charge in [0.2, 0.25) is 5.91 Å². The summed E-state index contributed by atoms with van der Waals surface area (Å²) in [6.07, 6.45) is 6.34. The Morgan fingerprint density at radius 3 is 2.33 bits per heavy atom. The Balaban J connectivity index is 1.30. The summed E-state index contributed by atoms with van der Waals surface area (Å²) in [6, 6.07) is 14.3. The number of nitrogens with one attached hydrogen (secondary N) is 1. The molecule has 0 spiro atoms. The highest BCUT2D eigenvalue weighted by Gasteiger charge is 2.28. The van der Waals surface area contributed by atoms with Gasteiger partial charge < -0.3 is 15.0 Å². The first kappa shape index (κ1) is 20.2. The molecule has 0 atom stereocenters. The Labute approximate surface area is 176 Å². The molecule has 1 heterocycles. The Kier molecular flexibility index (Phi) is 6.16. The lowest BCUT2D eigenvalue weighted by atomic mass is 9.95. The van der Waals surface area contributed by atoms with E-state index in [4.69, 9.17) is 4.74 Å². The fourth-order valence-corrected chi connectivity index (χ4v) is 4.33. The number of rotatable bonds is 6. The number of nitrogens with zero attached hydrogens (tertiary/aromatic N) is 2. The number of nitro groups is 1. The van der Waals surface area contributed by atoms with Crippen LogP contribution in [0.15, 0.2) is 48.5 Å². The zero-order valence-electron chi connectivity index (χ0n) is 17.0. The van der Waals surface area contributed by atoms with Crippen LogP contribution in [0.4, 0.5) is 17.1 Å². The number of piperidine rings is 1. The molecule has 1 aliphatic carbocycles. The van der Waals surface area contributed by atoms with E-state index in [2.05, 4.69) is 5.32 Å². The molecule has 0 radical (unpaired) electrons. The van der Waals surface area contributed by atoms with Gasteiger partial charge in [-0.3, -0.25) is 14.9 Å². The van der Waals surface area contributed by atoms with E-state index in [0.717, 1.165) is 24.3 Å². The number of ether oxygens (including phenoxy) is 1. The maximum atomic E-state index is 12.7. The molecule has 2 fully saturated rings. The highest BCUT2D eigenvalue weighted by molar-refractivity contribution is 5.92. The molecule has 1 saturated heterocycles. The molecule has 7 nitrogen and oxygen atoms in total. The van der Waals surface area contributed by atoms with Crippen LogP contribution in [0.5, 0.6) is 5.75 Å². The molecule has 2 aromatic carbocycles. The van der Waals surface area contributed by atoms with Crippen molar-refractivity contribution < 1.29 is 14.5 Å². The topological polar surface area (TPSA) is 84.7 Å². The second kappa shape index (κ2) is 9.15. The summed E-state index contributed by atoms with van der Waals surface area (Å²) in [5.74, 6) is 0.748. The average Bonchev–Trinajstić information content (AvgIpc) is 3.28. The third-order valence-electron chi connectivity index (χ3n) is 6.01. The molecular weight excluding hydrogens is 382 g/mol. The first-order chi connectivity index (χ1) is 14.6. The highest BCUT2D eigenvalue weighted by atomic mass is 16.6. The van der Waals surface area contributed by atoms with Gasteiger partial charge in [-0.1, -0.05) is 12.1 Å². The molecule has 7 heteroatoms. The minimum Gasteiger partial charge on any atom is -0.490 e. The molecule has 2 aliphatic rings. The zero-order chi connectivity index (χ0) is 20.9. The lowest BCUT2D eigenvalue weighted by molar-refractivity contribution is -0.384. The summed E-state index contributed by atoms with van der Waals surface area (Å²) in [6.45, 7) is 1.24. The molecule has 2 aromatic rings. The number of carbonyl (C=O) groups excluding carboxylic acids is 1. The predicted octanol–water partition coefficient (Wildman–Crippen LogP) is 4.77. The van der Waals surface area contributed by atoms with Gasteiger partial charge in [-0.2, -0.15) is 0 Å². The summed E-state index contributed by atoms with van der Waals surface area (Å²) in [5, 5.41) is 14.3. The summed E-state index contributed by atoms with van der Waals surface area (Å²) >= 11 is 0. The van der Waals surface area contributed by atoms with Crippen molar-refractivity contribution in [1.29, 1.82) is 0 Å². The van der Waals surface area contributed by atoms with Crippen molar-refractivity contribution in [3.63, 3.8) is 0 Å². The maximum absolute atomic E-state index is 12.7. The Bertz CT molecular complexity index is 886. The monoisotopic (exact) mass is 409 g/mol. The largest absolute Gasteiger partial charge is 0.490 e. The van der Waals surface area contributed by atoms with Crippen LogP contribution in [-0.2, 0) is 4.79 Å². The SMILES string of the molecule is O=C(Nc1ccc(OC2CCCC2)cc1)C1CCN(c2ccccc2[N+](=O)[O-])CC1. The van der Waals surface area contributed by atoms with Gasteiger partial charge in [0.25, 0.3) is 5.69 Å². The number of para-hydroxylation sites is 2. The first-order valence-electron chi connectivity index (χ1n) is 10.7. The summed E-state index contributed by atoms with van der Waals surface area (Å²) in [7, 11) is 0. The summed E-state index contributed by atoms with van der Waals surface area (Å²) in [5.41, 5.74) is 1.50. The minimum absolute atomic E-state index is 0.00155. The van der Waals surface area contributed by atoms with E-state index in [0.29, 0.717) is 37.7 Å². The molecule has 1 saturated carbocycles. The van der Waals surface area contributed by atoms with Gasteiger partial charge >= 0.3 is 0 Å². The van der Waals surface area contributed by atoms with E-state index in [-0.39, 0.29) is 22.4 Å². The maximum Gasteiger partial charge on any atom is 0.292 e. The number of benzene rings is 2. The standard InChI is InChI=1S/C23H27N3O4/c27-23(24-18-9-11-20(12-10-18)30-19-5-1-2-6-19)17-13-15-25(16-14-17)21-7-3-4-8-22(21)26(28)29/h3-4,7-12,17,19H,1-2,5-6,13-16H2,(H,24,27). The lowest BCUT2D eigenvalue weighted by Crippen LogP contribution is -2.38. The third kappa shape index (κ3) is 4.72. The van der Waals surface area contributed by atoms with E-state index in [1.807, 2.05) is 29.2 Å². The normalized spacial score (nSPS) is 17.7. The van der Waals surface area contributed by atoms with Crippen molar-refractivity contribution in [2.75, 3.05) is 23.3 Å². The van der Waals surface area contributed by atoms with Gasteiger partial charge in [0.05, 0.1) is 11.0 Å². The molecule has 0 bridgehead atoms. The summed E-state index contributed by atoms with van der Waals surface area (Å²) in [4.78, 5) is 25.6. The van der Waals surface area contributed by atoms with E-state index in [1.165, 1.54) is 18.9 Å². The zero-order valence-corrected chi connectivity index (χ0v) is 17.0. The third-order valence-corrected chi connectivity index (χ3v) is 6.01. The van der Waals surface area contributed by atoms with E-state index >= 15 is 0 Å². The minimum atomic E-state index is -0.353. The Morgan fingerprint density at radius 1 is 1.00 bits per heavy atom. The molecule has 30 heavy (non-hydrogen) atoms. The van der Waals surface area contributed by atoms with Crippen molar-refractivity contribution in [1.82, 2.24) is 0 Å². The van der Waals surface area contributed by atoms with Crippen LogP contribution >= 0.6 is 0 Å². The van der Waals surface area contributed by atoms with Crippen LogP contribution in [0.3, 0.4) is 0 Å². The number of hydrogen-bond donors (Lipinski definition) is 1. The number of anilines is 2. The second-order valence-electron chi connectivity index (χ2n) is 8.05. The lowest BCUT2D eigenvalue weighted by Gasteiger charge is -2.32. The van der Waals surface area contributed by atoms with Crippen LogP contribution in [0, 0.1) is 16.0 Å². The fourth-order valence-electron chi connectivity index (χ4n) is 4.33. The van der Waals surface area contributed by atoms with Gasteiger partial charge in [0.1, 0.15) is 11.4 Å². The molecule has 0 unspecified atom stereocenters. The second-order valence-corrected chi connectivity index (χ2v) is 8.05. The highest BCUT2D eigenvalue weighted by Crippen LogP contribution is 2.31. The van der Waals surface area contributed by atoms with Gasteiger partial charge in [-0.05, 0) is 68.9 Å². The molecule has 1 N–H and O–H groups in total. The van der Waals surface area contributed by atoms with Crippen LogP contribution in [0.1, 0.15) is 38.5 Å². The van der Waals surface area contributed by atoms with Crippen LogP contribution in [-0.4, -0.2) is 30.0 Å². The van der Waals surface area contributed by atoms with E-state index in [9.17, 15) is 14.9 Å². The van der Waals surface area contributed by atoms with Crippen molar-refractivity contribution in [3.8, 4) is 5.75 Å². The number of hydrogen-bond acceptors (Lipinski definition) is 5. The van der Waals surface area contributed by atoms with E-state index in [1.54, 1.807) is 18.2 Å². The van der Waals surface area contributed by atoms with Gasteiger partial charge in [0, 0.05) is 30.8 Å². The molecular formula is C23H27N3O4. The van der Waals surface area contributed by atoms with Gasteiger partial charge in [-0.15, -0.1) is 0 Å². The number of amides is 1. The molecule has 1 amide bonds. The van der Waals surface area contributed by atoms with Crippen LogP contribution < -0.4 is 15.0 Å². The molecule has 158 valence electrons. The number of nitro benzene ring substituents is 1. The molecule has 0 aromatic heterocycles. The summed E-state index contributed by atoms with van der Waals surface area (Å²) < 4.78 is 5.97. The predicted molar refractivity (Wildman–Crippen MR) is 116 cm³/mol. The smallest absolute Gasteiger partial charge is 0.292 e. The quantitative estimate of drug-likeness (QED) is 0.549. The van der Waals surface area contributed by atoms with Gasteiger partial charge in [0.15, 0.2) is 0 Å². The first-order valence-corrected chi connectivity index (χ1v) is 10.7. The van der Waals surface area contributed by atoms with Crippen molar-refractivity contribution in [2.24, 2.45) is 5.92 Å². The fraction of sp³-hybridized carbons (Fsp3) is 0.435. The van der Waals surface area contributed by atoms with Gasteiger partial charge in [-0.25, -0.2) is 0 Å². The van der Waals surface area contributed by atoms with Crippen molar-refractivity contribution in [3.05, 3.63) is 58.6 Å². The van der Waals surface area contributed by atoms with Crippen molar-refractivity contribution in [2.45, 2.75) is 44.6 Å². The number of carbonyl (C=O) groups is 1. The van der Waals surface area contributed by atoms with Crippen LogP contribution in [0.25, 0.3) is 0 Å². The molecule has 4 rings (SSSR count). The van der Waals surface area contributed by atoms with Crippen LogP contribution in [0.2, 0.25) is 0 Å². The molecule has 1 aliphatic heterocycles. The van der Waals surface area contributed by atoms with Crippen molar-refractivity contribution >= 4 is 23.0 Å².